The van der Waals surface area contributed by atoms with Crippen LogP contribution in [0.15, 0.2) is 75.9 Å². The summed E-state index contributed by atoms with van der Waals surface area (Å²) in [4.78, 5) is 18.1. The van der Waals surface area contributed by atoms with Crippen LogP contribution in [0, 0.1) is 0 Å². The molecule has 0 saturated carbocycles. The highest BCUT2D eigenvalue weighted by molar-refractivity contribution is 6.00. The maximum atomic E-state index is 12.6. The predicted molar refractivity (Wildman–Crippen MR) is 132 cm³/mol. The van der Waals surface area contributed by atoms with Crippen molar-refractivity contribution in [3.05, 3.63) is 77.1 Å². The Morgan fingerprint density at radius 2 is 1.78 bits per heavy atom. The van der Waals surface area contributed by atoms with Gasteiger partial charge in [-0.3, -0.25) is 4.79 Å². The molecule has 0 atom stereocenters. The monoisotopic (exact) mass is 423 g/mol. The molecular formula is C27H25N3O2. The number of likely N-dealkylation sites (tertiary alicyclic amines) is 1. The minimum absolute atomic E-state index is 0.0986. The molecule has 1 aliphatic rings. The maximum Gasteiger partial charge on any atom is 0.256 e. The molecule has 1 aliphatic heterocycles. The van der Waals surface area contributed by atoms with Crippen molar-refractivity contribution in [3.63, 3.8) is 0 Å². The Balaban J connectivity index is 1.59. The van der Waals surface area contributed by atoms with E-state index in [1.54, 1.807) is 0 Å². The van der Waals surface area contributed by atoms with Crippen molar-refractivity contribution in [2.75, 3.05) is 31.5 Å². The fourth-order valence-electron chi connectivity index (χ4n) is 4.76. The minimum Gasteiger partial charge on any atom is -0.457 e. The summed E-state index contributed by atoms with van der Waals surface area (Å²) in [5, 5.41) is 8.40. The second-order valence-electron chi connectivity index (χ2n) is 8.63. The maximum absolute atomic E-state index is 12.6. The molecule has 6 bridgehead atoms. The van der Waals surface area contributed by atoms with Crippen molar-refractivity contribution in [3.8, 4) is 0 Å². The highest BCUT2D eigenvalue weighted by Gasteiger charge is 2.11. The van der Waals surface area contributed by atoms with E-state index in [0.29, 0.717) is 11.0 Å². The van der Waals surface area contributed by atoms with Crippen LogP contribution in [0.1, 0.15) is 12.8 Å². The molecule has 2 N–H and O–H groups in total. The lowest BCUT2D eigenvalue weighted by Crippen LogP contribution is -2.25. The number of H-pyrrole nitrogens is 1. The molecule has 0 aliphatic carbocycles. The Morgan fingerprint density at radius 3 is 2.69 bits per heavy atom. The zero-order valence-corrected chi connectivity index (χ0v) is 17.9. The number of aromatic nitrogens is 1. The first kappa shape index (κ1) is 19.1. The largest absolute Gasteiger partial charge is 0.457 e. The number of benzene rings is 2. The molecule has 3 aromatic heterocycles. The zero-order valence-electron chi connectivity index (χ0n) is 17.9. The van der Waals surface area contributed by atoms with Crippen LogP contribution in [0.3, 0.4) is 0 Å². The summed E-state index contributed by atoms with van der Waals surface area (Å²) in [6.45, 7) is 4.31. The van der Waals surface area contributed by atoms with Crippen molar-refractivity contribution < 1.29 is 4.42 Å². The predicted octanol–water partition coefficient (Wildman–Crippen LogP) is 5.65. The Hall–Kier alpha value is -3.57. The van der Waals surface area contributed by atoms with Crippen LogP contribution in [0.25, 0.3) is 43.6 Å². The summed E-state index contributed by atoms with van der Waals surface area (Å²) in [6.07, 6.45) is 2.60. The van der Waals surface area contributed by atoms with Gasteiger partial charge < -0.3 is 19.6 Å². The van der Waals surface area contributed by atoms with E-state index in [2.05, 4.69) is 57.7 Å². The van der Waals surface area contributed by atoms with E-state index in [-0.39, 0.29) is 5.56 Å². The quantitative estimate of drug-likeness (QED) is 0.392. The van der Waals surface area contributed by atoms with Crippen LogP contribution in [0.4, 0.5) is 5.69 Å². The molecule has 1 fully saturated rings. The number of furan rings is 1. The highest BCUT2D eigenvalue weighted by atomic mass is 16.3. The van der Waals surface area contributed by atoms with Gasteiger partial charge in [0.15, 0.2) is 0 Å². The molecule has 0 amide bonds. The standard InChI is InChI=1S/C27H25N3O2/c31-27-23-17-21-7-9-26(32-21)20-5-3-4-19(16-20)25(28-10-13-30-11-1-2-12-30)15-18-6-8-24(29-27)22(23)14-18/h3-9,14-17,28H,1-2,10-13H2,(H,29,31). The second-order valence-corrected chi connectivity index (χ2v) is 8.63. The molecule has 5 nitrogen and oxygen atoms in total. The van der Waals surface area contributed by atoms with Crippen LogP contribution in [0.2, 0.25) is 0 Å². The molecule has 5 heteroatoms. The third-order valence-corrected chi connectivity index (χ3v) is 6.45. The first-order chi connectivity index (χ1) is 15.7. The van der Waals surface area contributed by atoms with E-state index < -0.39 is 0 Å². The normalized spacial score (nSPS) is 14.6. The number of fused-ring (bicyclic) bond motifs is 6. The first-order valence-corrected chi connectivity index (χ1v) is 11.3. The number of hydrogen-bond acceptors (Lipinski definition) is 4. The van der Waals surface area contributed by atoms with Gasteiger partial charge in [0.05, 0.1) is 5.39 Å². The molecule has 160 valence electrons. The minimum atomic E-state index is -0.0986. The van der Waals surface area contributed by atoms with Gasteiger partial charge in [0.25, 0.3) is 5.56 Å². The van der Waals surface area contributed by atoms with Gasteiger partial charge >= 0.3 is 0 Å². The number of anilines is 1. The van der Waals surface area contributed by atoms with E-state index in [0.717, 1.165) is 51.4 Å². The summed E-state index contributed by atoms with van der Waals surface area (Å²) in [6, 6.07) is 22.4. The fourth-order valence-corrected chi connectivity index (χ4v) is 4.76. The fraction of sp³-hybridized carbons (Fsp3) is 0.222. The van der Waals surface area contributed by atoms with Crippen molar-refractivity contribution in [1.82, 2.24) is 9.88 Å². The van der Waals surface area contributed by atoms with Gasteiger partial charge in [0.1, 0.15) is 11.2 Å². The van der Waals surface area contributed by atoms with Gasteiger partial charge in [-0.15, -0.1) is 0 Å². The van der Waals surface area contributed by atoms with Gasteiger partial charge in [-0.05, 0) is 79.2 Å². The van der Waals surface area contributed by atoms with Crippen molar-refractivity contribution >= 4 is 49.3 Å². The van der Waals surface area contributed by atoms with Crippen LogP contribution in [-0.2, 0) is 0 Å². The Kier molecular flexibility index (Phi) is 4.69. The highest BCUT2D eigenvalue weighted by Crippen LogP contribution is 2.26. The molecule has 0 spiro atoms. The molecular weight excluding hydrogens is 398 g/mol. The number of nitrogens with one attached hydrogen (secondary N) is 2. The summed E-state index contributed by atoms with van der Waals surface area (Å²) in [5.41, 5.74) is 3.27. The number of rotatable bonds is 4. The smallest absolute Gasteiger partial charge is 0.256 e. The van der Waals surface area contributed by atoms with E-state index >= 15 is 0 Å². The van der Waals surface area contributed by atoms with Crippen molar-refractivity contribution in [2.24, 2.45) is 0 Å². The van der Waals surface area contributed by atoms with Crippen LogP contribution < -0.4 is 10.9 Å². The average molecular weight is 424 g/mol. The SMILES string of the molecule is O=c1[nH]c2ccc3cc(NCCN4CCCC4)c4cccc(c4)c4ccc(cc1c2c3)o4. The molecule has 0 radical (unpaired) electrons. The third-order valence-electron chi connectivity index (χ3n) is 6.45. The van der Waals surface area contributed by atoms with E-state index in [9.17, 15) is 4.79 Å². The number of hydrogen-bond donors (Lipinski definition) is 2. The molecule has 6 rings (SSSR count). The van der Waals surface area contributed by atoms with E-state index in [1.807, 2.05) is 24.3 Å². The summed E-state index contributed by atoms with van der Waals surface area (Å²) in [7, 11) is 0. The molecule has 2 aromatic carbocycles. The number of aromatic amines is 1. The Labute approximate surface area is 185 Å². The van der Waals surface area contributed by atoms with Crippen molar-refractivity contribution in [2.45, 2.75) is 12.8 Å². The van der Waals surface area contributed by atoms with Crippen molar-refractivity contribution in [1.29, 1.82) is 0 Å². The second kappa shape index (κ2) is 7.84. The summed E-state index contributed by atoms with van der Waals surface area (Å²) in [5.74, 6) is 0. The first-order valence-electron chi connectivity index (χ1n) is 11.3. The van der Waals surface area contributed by atoms with Crippen LogP contribution in [-0.4, -0.2) is 36.1 Å². The lowest BCUT2D eigenvalue weighted by Gasteiger charge is -2.15. The third kappa shape index (κ3) is 3.55. The van der Waals surface area contributed by atoms with Gasteiger partial charge in [-0.1, -0.05) is 24.3 Å². The molecule has 1 saturated heterocycles. The van der Waals surface area contributed by atoms with Crippen LogP contribution >= 0.6 is 0 Å². The lowest BCUT2D eigenvalue weighted by atomic mass is 10.1. The zero-order chi connectivity index (χ0) is 21.5. The average Bonchev–Trinajstić information content (AvgIpc) is 3.55. The molecule has 32 heavy (non-hydrogen) atoms. The van der Waals surface area contributed by atoms with Crippen LogP contribution in [0.5, 0.6) is 0 Å². The molecule has 0 unspecified atom stereocenters. The van der Waals surface area contributed by atoms with Gasteiger partial charge in [-0.2, -0.15) is 0 Å². The summed E-state index contributed by atoms with van der Waals surface area (Å²) < 4.78 is 6.09. The van der Waals surface area contributed by atoms with Gasteiger partial charge in [0, 0.05) is 35.1 Å². The van der Waals surface area contributed by atoms with E-state index in [4.69, 9.17) is 4.42 Å². The Bertz CT molecular complexity index is 1540. The molecule has 5 aromatic rings. The van der Waals surface area contributed by atoms with Gasteiger partial charge in [-0.25, -0.2) is 0 Å². The summed E-state index contributed by atoms with van der Waals surface area (Å²) >= 11 is 0. The van der Waals surface area contributed by atoms with E-state index in [1.165, 1.54) is 25.9 Å². The van der Waals surface area contributed by atoms with Gasteiger partial charge in [0.2, 0.25) is 0 Å². The molecule has 4 heterocycles. The number of nitrogens with zero attached hydrogens (tertiary/aromatic N) is 1. The Morgan fingerprint density at radius 1 is 0.906 bits per heavy atom. The topological polar surface area (TPSA) is 61.3 Å². The lowest BCUT2D eigenvalue weighted by molar-refractivity contribution is 0.353.